The van der Waals surface area contributed by atoms with Gasteiger partial charge >= 0.3 is 12.1 Å². The molecule has 2 fully saturated rings. The van der Waals surface area contributed by atoms with Crippen LogP contribution in [0, 0.1) is 12.3 Å². The number of ether oxygens (including phenoxy) is 2. The number of hydrogen-bond acceptors (Lipinski definition) is 7. The Morgan fingerprint density at radius 2 is 1.88 bits per heavy atom. The molecule has 0 spiro atoms. The van der Waals surface area contributed by atoms with Crippen LogP contribution >= 0.6 is 0 Å². The fourth-order valence-corrected chi connectivity index (χ4v) is 5.52. The lowest BCUT2D eigenvalue weighted by molar-refractivity contribution is -0.160. The molecule has 0 saturated carbocycles. The third kappa shape index (κ3) is 5.63. The molecule has 0 aliphatic carbocycles. The van der Waals surface area contributed by atoms with Gasteiger partial charge in [0.25, 0.3) is 0 Å². The highest BCUT2D eigenvalue weighted by atomic mass is 16.6. The average molecular weight is 550 g/mol. The van der Waals surface area contributed by atoms with E-state index >= 15 is 0 Å². The summed E-state index contributed by atoms with van der Waals surface area (Å²) in [5.41, 5.74) is 2.15. The van der Waals surface area contributed by atoms with E-state index in [0.29, 0.717) is 35.0 Å². The van der Waals surface area contributed by atoms with Gasteiger partial charge in [0.05, 0.1) is 17.2 Å². The zero-order valence-corrected chi connectivity index (χ0v) is 24.2. The minimum atomic E-state index is -1.24. The van der Waals surface area contributed by atoms with Crippen LogP contribution in [0.1, 0.15) is 70.4 Å². The van der Waals surface area contributed by atoms with Crippen LogP contribution < -0.4 is 9.80 Å². The summed E-state index contributed by atoms with van der Waals surface area (Å²) in [6.07, 6.45) is 0.809. The summed E-state index contributed by atoms with van der Waals surface area (Å²) in [5, 5.41) is 15.2. The summed E-state index contributed by atoms with van der Waals surface area (Å²) in [6.45, 7) is 13.5. The fraction of sp³-hybridized carbons (Fsp3) is 0.533. The van der Waals surface area contributed by atoms with Crippen LogP contribution in [-0.4, -0.2) is 63.1 Å². The zero-order valence-electron chi connectivity index (χ0n) is 24.2. The number of anilines is 2. The molecule has 3 aromatic rings. The van der Waals surface area contributed by atoms with Gasteiger partial charge in [0.15, 0.2) is 17.6 Å². The maximum Gasteiger partial charge on any atom is 0.416 e. The molecule has 1 unspecified atom stereocenters. The van der Waals surface area contributed by atoms with Crippen molar-refractivity contribution in [3.05, 3.63) is 53.2 Å². The number of cyclic esters (lactones) is 1. The third-order valence-corrected chi connectivity index (χ3v) is 7.69. The number of aromatic nitrogens is 3. The number of aryl methyl sites for hydroxylation is 1. The van der Waals surface area contributed by atoms with Crippen LogP contribution in [0.25, 0.3) is 5.65 Å². The summed E-state index contributed by atoms with van der Waals surface area (Å²) in [5.74, 6) is -0.0149. The highest BCUT2D eigenvalue weighted by Crippen LogP contribution is 2.39. The van der Waals surface area contributed by atoms with E-state index in [1.165, 1.54) is 0 Å². The Labute approximate surface area is 234 Å². The molecule has 2 aromatic heterocycles. The van der Waals surface area contributed by atoms with E-state index in [4.69, 9.17) is 19.6 Å². The van der Waals surface area contributed by atoms with Crippen molar-refractivity contribution in [1.29, 1.82) is 0 Å². The number of carbonyl (C=O) groups is 2. The number of fused-ring (bicyclic) bond motifs is 1. The number of piperidine rings is 1. The lowest BCUT2D eigenvalue weighted by Crippen LogP contribution is -2.40. The standard InChI is InChI=1S/C30H39N5O5/c1-19-24(25(27(36)37)40-29(2,3)4)26(33-14-12-30(5,6)13-15-33)35-22(31-19)17-23(32-35)34-21(18-39-28(34)38)16-20-10-8-7-9-11-20/h7-11,17,21,25H,12-16,18H2,1-6H3,(H,36,37)/t21?,25-/m0/s1. The summed E-state index contributed by atoms with van der Waals surface area (Å²) in [6, 6.07) is 11.5. The van der Waals surface area contributed by atoms with E-state index in [-0.39, 0.29) is 18.1 Å². The molecule has 5 rings (SSSR count). The number of carboxylic acids is 1. The molecule has 0 bridgehead atoms. The minimum Gasteiger partial charge on any atom is -0.479 e. The zero-order chi connectivity index (χ0) is 28.8. The largest absolute Gasteiger partial charge is 0.479 e. The van der Waals surface area contributed by atoms with E-state index < -0.39 is 23.8 Å². The molecule has 4 heterocycles. The number of amides is 1. The van der Waals surface area contributed by atoms with Crippen molar-refractivity contribution >= 4 is 29.3 Å². The summed E-state index contributed by atoms with van der Waals surface area (Å²) >= 11 is 0. The molecule has 1 aromatic carbocycles. The molecular weight excluding hydrogens is 510 g/mol. The van der Waals surface area contributed by atoms with Crippen molar-refractivity contribution in [2.45, 2.75) is 78.6 Å². The van der Waals surface area contributed by atoms with Crippen molar-refractivity contribution in [1.82, 2.24) is 14.6 Å². The van der Waals surface area contributed by atoms with Crippen molar-refractivity contribution in [2.75, 3.05) is 29.5 Å². The molecule has 0 radical (unpaired) electrons. The average Bonchev–Trinajstić information content (AvgIpc) is 3.44. The first kappa shape index (κ1) is 27.9. The van der Waals surface area contributed by atoms with Gasteiger partial charge in [-0.05, 0) is 57.9 Å². The highest BCUT2D eigenvalue weighted by Gasteiger charge is 2.39. The van der Waals surface area contributed by atoms with E-state index in [1.807, 2.05) is 58.0 Å². The quantitative estimate of drug-likeness (QED) is 0.430. The second kappa shape index (κ2) is 10.4. The Balaban J connectivity index is 1.63. The van der Waals surface area contributed by atoms with Gasteiger partial charge in [-0.1, -0.05) is 44.2 Å². The van der Waals surface area contributed by atoms with Crippen molar-refractivity contribution in [3.63, 3.8) is 0 Å². The minimum absolute atomic E-state index is 0.186. The van der Waals surface area contributed by atoms with Crippen LogP contribution in [0.2, 0.25) is 0 Å². The molecule has 1 N–H and O–H groups in total. The Morgan fingerprint density at radius 3 is 2.50 bits per heavy atom. The van der Waals surface area contributed by atoms with E-state index in [2.05, 4.69) is 18.7 Å². The maximum atomic E-state index is 12.9. The van der Waals surface area contributed by atoms with Gasteiger partial charge in [0.2, 0.25) is 0 Å². The SMILES string of the molecule is Cc1nc2cc(N3C(=O)OCC3Cc3ccccc3)nn2c(N2CCC(C)(C)CC2)c1[C@H](OC(C)(C)C)C(=O)O. The van der Waals surface area contributed by atoms with E-state index in [1.54, 1.807) is 15.5 Å². The van der Waals surface area contributed by atoms with Gasteiger partial charge in [-0.2, -0.15) is 4.52 Å². The Hall–Kier alpha value is -3.66. The van der Waals surface area contributed by atoms with E-state index in [0.717, 1.165) is 31.5 Å². The van der Waals surface area contributed by atoms with Crippen LogP contribution in [0.5, 0.6) is 0 Å². The molecule has 10 nitrogen and oxygen atoms in total. The molecule has 1 amide bonds. The fourth-order valence-electron chi connectivity index (χ4n) is 5.52. The number of rotatable bonds is 7. The first-order chi connectivity index (χ1) is 18.8. The van der Waals surface area contributed by atoms with Gasteiger partial charge in [-0.15, -0.1) is 5.10 Å². The lowest BCUT2D eigenvalue weighted by atomic mass is 9.82. The molecule has 40 heavy (non-hydrogen) atoms. The number of nitrogens with zero attached hydrogens (tertiary/aromatic N) is 5. The topological polar surface area (TPSA) is 110 Å². The third-order valence-electron chi connectivity index (χ3n) is 7.69. The van der Waals surface area contributed by atoms with Crippen molar-refractivity contribution < 1.29 is 24.2 Å². The predicted molar refractivity (Wildman–Crippen MR) is 152 cm³/mol. The van der Waals surface area contributed by atoms with Crippen LogP contribution in [0.3, 0.4) is 0 Å². The van der Waals surface area contributed by atoms with E-state index in [9.17, 15) is 14.7 Å². The van der Waals surface area contributed by atoms with Crippen molar-refractivity contribution in [2.24, 2.45) is 5.41 Å². The molecule has 2 atom stereocenters. The van der Waals surface area contributed by atoms with Gasteiger partial charge in [-0.25, -0.2) is 14.6 Å². The molecule has 2 aliphatic rings. The van der Waals surface area contributed by atoms with Gasteiger partial charge in [0.1, 0.15) is 12.4 Å². The molecule has 214 valence electrons. The number of benzene rings is 1. The summed E-state index contributed by atoms with van der Waals surface area (Å²) < 4.78 is 13.2. The second-order valence-corrected chi connectivity index (χ2v) is 12.6. The number of hydrogen-bond donors (Lipinski definition) is 1. The number of carboxylic acid groups (broad SMARTS) is 1. The van der Waals surface area contributed by atoms with Crippen LogP contribution in [0.15, 0.2) is 36.4 Å². The number of aliphatic carboxylic acids is 1. The first-order valence-electron chi connectivity index (χ1n) is 13.9. The Morgan fingerprint density at radius 1 is 1.20 bits per heavy atom. The Bertz CT molecular complexity index is 1400. The monoisotopic (exact) mass is 549 g/mol. The predicted octanol–water partition coefficient (Wildman–Crippen LogP) is 5.17. The normalized spacial score (nSPS) is 20.1. The lowest BCUT2D eigenvalue weighted by Gasteiger charge is -2.39. The molecule has 2 saturated heterocycles. The summed E-state index contributed by atoms with van der Waals surface area (Å²) in [7, 11) is 0. The summed E-state index contributed by atoms with van der Waals surface area (Å²) in [4.78, 5) is 34.1. The maximum absolute atomic E-state index is 12.9. The van der Waals surface area contributed by atoms with Gasteiger partial charge in [-0.3, -0.25) is 4.90 Å². The van der Waals surface area contributed by atoms with Gasteiger partial charge in [0, 0.05) is 24.8 Å². The van der Waals surface area contributed by atoms with Gasteiger partial charge < -0.3 is 19.5 Å². The Kier molecular flexibility index (Phi) is 7.24. The number of carbonyl (C=O) groups excluding carboxylic acids is 1. The molecule has 10 heteroatoms. The van der Waals surface area contributed by atoms with Crippen LogP contribution in [0.4, 0.5) is 16.4 Å². The highest BCUT2D eigenvalue weighted by molar-refractivity contribution is 5.90. The smallest absolute Gasteiger partial charge is 0.416 e. The molecule has 2 aliphatic heterocycles. The van der Waals surface area contributed by atoms with Crippen molar-refractivity contribution in [3.8, 4) is 0 Å². The van der Waals surface area contributed by atoms with Crippen LogP contribution in [-0.2, 0) is 20.7 Å². The molecular formula is C30H39N5O5. The second-order valence-electron chi connectivity index (χ2n) is 12.6. The first-order valence-corrected chi connectivity index (χ1v) is 13.9.